The number of methoxy groups -OCH3 is 1. The summed E-state index contributed by atoms with van der Waals surface area (Å²) in [6, 6.07) is 7.89. The van der Waals surface area contributed by atoms with Gasteiger partial charge in [-0.3, -0.25) is 9.10 Å². The Kier molecular flexibility index (Phi) is 7.02. The van der Waals surface area contributed by atoms with Crippen LogP contribution < -0.4 is 14.4 Å². The molecule has 1 amide bonds. The quantitative estimate of drug-likeness (QED) is 0.698. The van der Waals surface area contributed by atoms with Crippen molar-refractivity contribution in [1.29, 1.82) is 0 Å². The van der Waals surface area contributed by atoms with Crippen LogP contribution in [0.2, 0.25) is 5.02 Å². The maximum atomic E-state index is 13.3. The number of halogens is 4. The highest BCUT2D eigenvalue weighted by atomic mass is 35.5. The van der Waals surface area contributed by atoms with E-state index in [0.29, 0.717) is 16.4 Å². The lowest BCUT2D eigenvalue weighted by Gasteiger charge is -2.26. The van der Waals surface area contributed by atoms with Crippen molar-refractivity contribution in [3.63, 3.8) is 0 Å². The minimum Gasteiger partial charge on any atom is -0.495 e. The van der Waals surface area contributed by atoms with Crippen molar-refractivity contribution in [3.05, 3.63) is 53.1 Å². The Balaban J connectivity index is 2.68. The van der Waals surface area contributed by atoms with E-state index in [4.69, 9.17) is 16.3 Å². The first-order valence-electron chi connectivity index (χ1n) is 8.31. The van der Waals surface area contributed by atoms with Gasteiger partial charge in [0.2, 0.25) is 5.91 Å². The maximum absolute atomic E-state index is 13.3. The average Bonchev–Trinajstić information content (AvgIpc) is 2.65. The van der Waals surface area contributed by atoms with E-state index in [9.17, 15) is 26.4 Å². The number of carbonyl (C=O) groups is 1. The number of hydrogen-bond acceptors (Lipinski definition) is 4. The summed E-state index contributed by atoms with van der Waals surface area (Å²) in [6.07, 6.45) is -4.77. The van der Waals surface area contributed by atoms with Gasteiger partial charge in [0, 0.05) is 6.54 Å². The molecular weight excluding hydrogens is 433 g/mol. The van der Waals surface area contributed by atoms with Gasteiger partial charge in [0.15, 0.2) is 0 Å². The Morgan fingerprint density at radius 2 is 1.86 bits per heavy atom. The minimum absolute atomic E-state index is 0.0188. The van der Waals surface area contributed by atoms with E-state index in [1.54, 1.807) is 13.0 Å². The number of sulfonamides is 1. The third kappa shape index (κ3) is 5.13. The van der Waals surface area contributed by atoms with Crippen molar-refractivity contribution in [2.75, 3.05) is 24.5 Å². The molecule has 0 unspecified atom stereocenters. The summed E-state index contributed by atoms with van der Waals surface area (Å²) in [4.78, 5) is 11.4. The third-order valence-corrected chi connectivity index (χ3v) is 6.08. The molecule has 2 aromatic rings. The maximum Gasteiger partial charge on any atom is 0.416 e. The van der Waals surface area contributed by atoms with E-state index in [1.807, 2.05) is 0 Å². The third-order valence-electron chi connectivity index (χ3n) is 3.84. The normalized spacial score (nSPS) is 11.8. The molecule has 0 radical (unpaired) electrons. The smallest absolute Gasteiger partial charge is 0.416 e. The van der Waals surface area contributed by atoms with Crippen LogP contribution in [0.25, 0.3) is 0 Å². The summed E-state index contributed by atoms with van der Waals surface area (Å²) in [5, 5.41) is 2.05. The number of benzene rings is 2. The fourth-order valence-corrected chi connectivity index (χ4v) is 4.45. The van der Waals surface area contributed by atoms with E-state index in [-0.39, 0.29) is 18.0 Å². The topological polar surface area (TPSA) is 75.7 Å². The molecule has 0 spiro atoms. The van der Waals surface area contributed by atoms with Crippen LogP contribution >= 0.6 is 11.6 Å². The summed E-state index contributed by atoms with van der Waals surface area (Å²) in [6.45, 7) is 1.20. The zero-order valence-electron chi connectivity index (χ0n) is 15.5. The summed E-state index contributed by atoms with van der Waals surface area (Å²) in [7, 11) is -3.35. The summed E-state index contributed by atoms with van der Waals surface area (Å²) < 4.78 is 71.7. The molecule has 6 nitrogen and oxygen atoms in total. The number of ether oxygens (including phenoxy) is 1. The molecule has 2 rings (SSSR count). The van der Waals surface area contributed by atoms with E-state index in [1.165, 1.54) is 25.3 Å². The molecule has 0 aromatic heterocycles. The summed E-state index contributed by atoms with van der Waals surface area (Å²) >= 11 is 5.93. The van der Waals surface area contributed by atoms with Gasteiger partial charge in [-0.2, -0.15) is 13.2 Å². The molecule has 0 aliphatic carbocycles. The van der Waals surface area contributed by atoms with E-state index in [2.05, 4.69) is 5.32 Å². The lowest BCUT2D eigenvalue weighted by atomic mass is 10.2. The first-order valence-corrected chi connectivity index (χ1v) is 10.1. The van der Waals surface area contributed by atoms with Crippen LogP contribution in [0.1, 0.15) is 12.5 Å². The molecule has 2 aromatic carbocycles. The largest absolute Gasteiger partial charge is 0.495 e. The second-order valence-electron chi connectivity index (χ2n) is 5.78. The van der Waals surface area contributed by atoms with Gasteiger partial charge < -0.3 is 10.1 Å². The van der Waals surface area contributed by atoms with Crippen LogP contribution in [0.5, 0.6) is 5.75 Å². The second-order valence-corrected chi connectivity index (χ2v) is 8.02. The van der Waals surface area contributed by atoms with Crippen molar-refractivity contribution in [2.24, 2.45) is 0 Å². The van der Waals surface area contributed by atoms with E-state index in [0.717, 1.165) is 6.07 Å². The highest BCUT2D eigenvalue weighted by Gasteiger charge is 2.35. The van der Waals surface area contributed by atoms with Gasteiger partial charge >= 0.3 is 6.18 Å². The molecule has 0 aliphatic heterocycles. The van der Waals surface area contributed by atoms with Crippen molar-refractivity contribution < 1.29 is 31.1 Å². The Morgan fingerprint density at radius 3 is 2.45 bits per heavy atom. The highest BCUT2D eigenvalue weighted by molar-refractivity contribution is 7.93. The lowest BCUT2D eigenvalue weighted by molar-refractivity contribution is -0.137. The van der Waals surface area contributed by atoms with Crippen LogP contribution in [0.15, 0.2) is 47.4 Å². The molecule has 0 atom stereocenters. The molecule has 158 valence electrons. The van der Waals surface area contributed by atoms with Crippen LogP contribution in [-0.2, 0) is 21.0 Å². The fraction of sp³-hybridized carbons (Fsp3) is 0.278. The van der Waals surface area contributed by atoms with Gasteiger partial charge in [0.05, 0.1) is 23.4 Å². The second kappa shape index (κ2) is 8.91. The number of nitrogens with one attached hydrogen (secondary N) is 1. The van der Waals surface area contributed by atoms with E-state index >= 15 is 0 Å². The number of hydrogen-bond donors (Lipinski definition) is 1. The van der Waals surface area contributed by atoms with Crippen LogP contribution in [0, 0.1) is 0 Å². The molecular formula is C18H18ClF3N2O4S. The molecule has 0 aliphatic rings. The predicted molar refractivity (Wildman–Crippen MR) is 103 cm³/mol. The lowest BCUT2D eigenvalue weighted by Crippen LogP contribution is -2.41. The van der Waals surface area contributed by atoms with Crippen LogP contribution in [-0.4, -0.2) is 34.5 Å². The van der Waals surface area contributed by atoms with Gasteiger partial charge in [-0.1, -0.05) is 23.7 Å². The average molecular weight is 451 g/mol. The Labute approximate surface area is 171 Å². The molecule has 1 N–H and O–H groups in total. The SMILES string of the molecule is CCNC(=O)CN(c1ccccc1OC)S(=O)(=O)c1cc(C(F)(F)F)ccc1Cl. The van der Waals surface area contributed by atoms with Gasteiger partial charge in [-0.15, -0.1) is 0 Å². The Morgan fingerprint density at radius 1 is 1.21 bits per heavy atom. The molecule has 0 bridgehead atoms. The number of anilines is 1. The zero-order valence-corrected chi connectivity index (χ0v) is 17.0. The molecule has 11 heteroatoms. The van der Waals surface area contributed by atoms with Crippen molar-refractivity contribution in [3.8, 4) is 5.75 Å². The number of carbonyl (C=O) groups excluding carboxylic acids is 1. The van der Waals surface area contributed by atoms with Gasteiger partial charge in [0.25, 0.3) is 10.0 Å². The molecule has 0 saturated heterocycles. The molecule has 0 saturated carbocycles. The first kappa shape index (κ1) is 22.8. The predicted octanol–water partition coefficient (Wildman–Crippen LogP) is 3.70. The van der Waals surface area contributed by atoms with Crippen molar-refractivity contribution in [2.45, 2.75) is 18.0 Å². The molecule has 0 fully saturated rings. The highest BCUT2D eigenvalue weighted by Crippen LogP contribution is 2.37. The van der Waals surface area contributed by atoms with Crippen LogP contribution in [0.3, 0.4) is 0 Å². The summed E-state index contributed by atoms with van der Waals surface area (Å²) in [5.74, 6) is -0.534. The minimum atomic E-state index is -4.77. The monoisotopic (exact) mass is 450 g/mol. The number of likely N-dealkylation sites (N-methyl/N-ethyl adjacent to an activating group) is 1. The number of nitrogens with zero attached hydrogens (tertiary/aromatic N) is 1. The standard InChI is InChI=1S/C18H18ClF3N2O4S/c1-3-23-17(25)11-24(14-6-4-5-7-15(14)28-2)29(26,27)16-10-12(18(20,21)22)8-9-13(16)19/h4-10H,3,11H2,1-2H3,(H,23,25). The number of para-hydroxylation sites is 2. The summed E-state index contributed by atoms with van der Waals surface area (Å²) in [5.41, 5.74) is -1.20. The van der Waals surface area contributed by atoms with Gasteiger partial charge in [0.1, 0.15) is 17.2 Å². The molecule has 29 heavy (non-hydrogen) atoms. The van der Waals surface area contributed by atoms with Crippen molar-refractivity contribution in [1.82, 2.24) is 5.32 Å². The van der Waals surface area contributed by atoms with Crippen molar-refractivity contribution >= 4 is 33.2 Å². The van der Waals surface area contributed by atoms with E-state index < -0.39 is 44.1 Å². The van der Waals surface area contributed by atoms with Gasteiger partial charge in [-0.05, 0) is 37.3 Å². The zero-order chi connectivity index (χ0) is 21.8. The van der Waals surface area contributed by atoms with Crippen LogP contribution in [0.4, 0.5) is 18.9 Å². The molecule has 0 heterocycles. The fourth-order valence-electron chi connectivity index (χ4n) is 2.52. The number of alkyl halides is 3. The Bertz CT molecular complexity index is 997. The number of rotatable bonds is 7. The Hall–Kier alpha value is -2.46. The first-order chi connectivity index (χ1) is 13.5. The van der Waals surface area contributed by atoms with Gasteiger partial charge in [-0.25, -0.2) is 8.42 Å². The number of amides is 1.